The highest BCUT2D eigenvalue weighted by atomic mass is 16.4. The fourth-order valence-corrected chi connectivity index (χ4v) is 2.25. The monoisotopic (exact) mass is 311 g/mol. The lowest BCUT2D eigenvalue weighted by Gasteiger charge is -2.14. The predicted octanol–water partition coefficient (Wildman–Crippen LogP) is 2.50. The van der Waals surface area contributed by atoms with E-state index in [2.05, 4.69) is 10.3 Å². The van der Waals surface area contributed by atoms with Crippen LogP contribution in [0, 0.1) is 11.3 Å². The highest BCUT2D eigenvalue weighted by Gasteiger charge is 2.20. The lowest BCUT2D eigenvalue weighted by Crippen LogP contribution is -2.40. The van der Waals surface area contributed by atoms with Crippen molar-refractivity contribution < 1.29 is 14.7 Å². The van der Waals surface area contributed by atoms with Gasteiger partial charge in [0.25, 0.3) is 5.91 Å². The van der Waals surface area contributed by atoms with Gasteiger partial charge in [0.15, 0.2) is 0 Å². The van der Waals surface area contributed by atoms with Gasteiger partial charge < -0.3 is 10.4 Å². The van der Waals surface area contributed by atoms with E-state index in [4.69, 9.17) is 5.26 Å². The Hall–Kier alpha value is -2.94. The van der Waals surface area contributed by atoms with Gasteiger partial charge >= 0.3 is 5.97 Å². The Morgan fingerprint density at radius 1 is 1.30 bits per heavy atom. The van der Waals surface area contributed by atoms with Crippen LogP contribution in [0.5, 0.6) is 0 Å². The molecule has 23 heavy (non-hydrogen) atoms. The van der Waals surface area contributed by atoms with Crippen LogP contribution in [0.4, 0.5) is 0 Å². The van der Waals surface area contributed by atoms with Crippen LogP contribution in [0.1, 0.15) is 36.0 Å². The zero-order valence-corrected chi connectivity index (χ0v) is 12.5. The summed E-state index contributed by atoms with van der Waals surface area (Å²) in [7, 11) is 0. The van der Waals surface area contributed by atoms with E-state index in [9.17, 15) is 14.7 Å². The maximum atomic E-state index is 12.2. The summed E-state index contributed by atoms with van der Waals surface area (Å²) in [5.74, 6) is -1.54. The van der Waals surface area contributed by atoms with Gasteiger partial charge in [-0.05, 0) is 31.4 Å². The van der Waals surface area contributed by atoms with E-state index in [1.165, 1.54) is 6.20 Å². The second kappa shape index (κ2) is 7.90. The van der Waals surface area contributed by atoms with E-state index >= 15 is 0 Å². The molecule has 0 saturated carbocycles. The van der Waals surface area contributed by atoms with Gasteiger partial charge in [-0.25, -0.2) is 4.79 Å². The number of nitrogens with one attached hydrogen (secondary N) is 1. The summed E-state index contributed by atoms with van der Waals surface area (Å²) < 4.78 is 0. The molecule has 0 aliphatic carbocycles. The molecule has 0 aliphatic heterocycles. The molecule has 0 bridgehead atoms. The van der Waals surface area contributed by atoms with Crippen molar-refractivity contribution >= 4 is 22.8 Å². The van der Waals surface area contributed by atoms with E-state index in [1.807, 2.05) is 30.3 Å². The number of nitriles is 1. The van der Waals surface area contributed by atoms with Gasteiger partial charge in [-0.1, -0.05) is 18.2 Å². The summed E-state index contributed by atoms with van der Waals surface area (Å²) in [6.45, 7) is 0. The summed E-state index contributed by atoms with van der Waals surface area (Å²) in [5.41, 5.74) is 1.10. The quantitative estimate of drug-likeness (QED) is 0.765. The van der Waals surface area contributed by atoms with Gasteiger partial charge in [0.2, 0.25) is 0 Å². The van der Waals surface area contributed by atoms with Crippen molar-refractivity contribution in [2.45, 2.75) is 31.7 Å². The molecule has 2 aromatic rings. The molecule has 0 saturated heterocycles. The number of unbranched alkanes of at least 4 members (excludes halogenated alkanes) is 2. The third kappa shape index (κ3) is 4.51. The van der Waals surface area contributed by atoms with Crippen LogP contribution < -0.4 is 5.32 Å². The maximum Gasteiger partial charge on any atom is 0.326 e. The first-order valence-corrected chi connectivity index (χ1v) is 7.37. The number of carbonyl (C=O) groups excluding carboxylic acids is 1. The molecule has 0 fully saturated rings. The van der Waals surface area contributed by atoms with Gasteiger partial charge in [-0.2, -0.15) is 5.26 Å². The second-order valence-electron chi connectivity index (χ2n) is 5.18. The summed E-state index contributed by atoms with van der Waals surface area (Å²) >= 11 is 0. The minimum atomic E-state index is -1.08. The van der Waals surface area contributed by atoms with E-state index in [-0.39, 0.29) is 0 Å². The van der Waals surface area contributed by atoms with Gasteiger partial charge in [0.1, 0.15) is 6.04 Å². The van der Waals surface area contributed by atoms with Gasteiger partial charge in [0, 0.05) is 18.0 Å². The van der Waals surface area contributed by atoms with Crippen molar-refractivity contribution in [2.24, 2.45) is 0 Å². The third-order valence-electron chi connectivity index (χ3n) is 3.49. The van der Waals surface area contributed by atoms with Gasteiger partial charge in [-0.15, -0.1) is 0 Å². The molecule has 1 amide bonds. The van der Waals surface area contributed by atoms with Crippen LogP contribution in [-0.2, 0) is 4.79 Å². The van der Waals surface area contributed by atoms with Crippen LogP contribution in [0.25, 0.3) is 10.9 Å². The van der Waals surface area contributed by atoms with Crippen molar-refractivity contribution in [3.63, 3.8) is 0 Å². The van der Waals surface area contributed by atoms with Crippen molar-refractivity contribution in [2.75, 3.05) is 0 Å². The number of fused-ring (bicyclic) bond motifs is 1. The van der Waals surface area contributed by atoms with Gasteiger partial charge in [0.05, 0.1) is 17.1 Å². The largest absolute Gasteiger partial charge is 0.480 e. The Morgan fingerprint density at radius 3 is 2.83 bits per heavy atom. The molecule has 0 unspecified atom stereocenters. The van der Waals surface area contributed by atoms with Crippen LogP contribution in [0.3, 0.4) is 0 Å². The number of amides is 1. The van der Waals surface area contributed by atoms with E-state index < -0.39 is 17.9 Å². The highest BCUT2D eigenvalue weighted by molar-refractivity contribution is 5.99. The molecule has 2 rings (SSSR count). The lowest BCUT2D eigenvalue weighted by molar-refractivity contribution is -0.139. The van der Waals surface area contributed by atoms with Crippen molar-refractivity contribution in [1.29, 1.82) is 5.26 Å². The molecule has 2 N–H and O–H groups in total. The summed E-state index contributed by atoms with van der Waals surface area (Å²) in [6, 6.07) is 10.1. The molecule has 0 spiro atoms. The summed E-state index contributed by atoms with van der Waals surface area (Å²) in [5, 5.41) is 21.0. The first-order chi connectivity index (χ1) is 11.1. The second-order valence-corrected chi connectivity index (χ2v) is 5.18. The Bertz CT molecular complexity index is 752. The smallest absolute Gasteiger partial charge is 0.326 e. The SMILES string of the molecule is N#CCCCC[C@@H](NC(=O)c1cnc2ccccc2c1)C(=O)O. The molecule has 6 nitrogen and oxygen atoms in total. The molecule has 0 radical (unpaired) electrons. The van der Waals surface area contributed by atoms with E-state index in [0.29, 0.717) is 31.2 Å². The summed E-state index contributed by atoms with van der Waals surface area (Å²) in [4.78, 5) is 27.7. The number of para-hydroxylation sites is 1. The fourth-order valence-electron chi connectivity index (χ4n) is 2.25. The molecule has 1 atom stereocenters. The lowest BCUT2D eigenvalue weighted by atomic mass is 10.1. The normalized spacial score (nSPS) is 11.6. The first-order valence-electron chi connectivity index (χ1n) is 7.37. The van der Waals surface area contributed by atoms with Crippen LogP contribution in [0.2, 0.25) is 0 Å². The summed E-state index contributed by atoms with van der Waals surface area (Å²) in [6.07, 6.45) is 3.30. The number of benzene rings is 1. The van der Waals surface area contributed by atoms with Crippen molar-refractivity contribution in [3.05, 3.63) is 42.1 Å². The van der Waals surface area contributed by atoms with Gasteiger partial charge in [-0.3, -0.25) is 9.78 Å². The molecule has 1 aromatic carbocycles. The third-order valence-corrected chi connectivity index (χ3v) is 3.49. The predicted molar refractivity (Wildman–Crippen MR) is 84.7 cm³/mol. The highest BCUT2D eigenvalue weighted by Crippen LogP contribution is 2.13. The maximum absolute atomic E-state index is 12.2. The number of carboxylic acid groups (broad SMARTS) is 1. The number of carbonyl (C=O) groups is 2. The Kier molecular flexibility index (Phi) is 5.64. The van der Waals surface area contributed by atoms with Crippen LogP contribution in [-0.4, -0.2) is 28.0 Å². The van der Waals surface area contributed by atoms with Crippen LogP contribution in [0.15, 0.2) is 36.5 Å². The van der Waals surface area contributed by atoms with Crippen molar-refractivity contribution in [3.8, 4) is 6.07 Å². The Balaban J connectivity index is 2.04. The van der Waals surface area contributed by atoms with Crippen LogP contribution >= 0.6 is 0 Å². The number of rotatable bonds is 7. The average Bonchev–Trinajstić information content (AvgIpc) is 2.56. The van der Waals surface area contributed by atoms with E-state index in [0.717, 1.165) is 10.9 Å². The van der Waals surface area contributed by atoms with Crippen molar-refractivity contribution in [1.82, 2.24) is 10.3 Å². The topological polar surface area (TPSA) is 103 Å². The molecule has 1 aromatic heterocycles. The minimum absolute atomic E-state index is 0.295. The molecule has 1 heterocycles. The Morgan fingerprint density at radius 2 is 2.09 bits per heavy atom. The number of hydrogen-bond acceptors (Lipinski definition) is 4. The Labute approximate surface area is 133 Å². The number of aromatic nitrogens is 1. The average molecular weight is 311 g/mol. The molecule has 118 valence electrons. The zero-order valence-electron chi connectivity index (χ0n) is 12.5. The van der Waals surface area contributed by atoms with E-state index in [1.54, 1.807) is 6.07 Å². The number of hydrogen-bond donors (Lipinski definition) is 2. The molecular formula is C17H17N3O3. The number of aliphatic carboxylic acids is 1. The number of nitrogens with zero attached hydrogens (tertiary/aromatic N) is 2. The fraction of sp³-hybridized carbons (Fsp3) is 0.294. The standard InChI is InChI=1S/C17H17N3O3/c18-9-5-1-2-8-15(17(22)23)20-16(21)13-10-12-6-3-4-7-14(12)19-11-13/h3-4,6-7,10-11,15H,1-2,5,8H2,(H,20,21)(H,22,23)/t15-/m1/s1. The molecule has 0 aliphatic rings. The molecule has 6 heteroatoms. The minimum Gasteiger partial charge on any atom is -0.480 e. The first kappa shape index (κ1) is 16.4. The number of carboxylic acids is 1. The zero-order chi connectivity index (χ0) is 16.7. The molecular weight excluding hydrogens is 294 g/mol. The number of pyridine rings is 1.